The van der Waals surface area contributed by atoms with Crippen LogP contribution in [0.4, 0.5) is 5.82 Å². The molecule has 2 aliphatic rings. The number of carbonyl (C=O) groups excluding carboxylic acids is 1. The number of nitrogens with zero attached hydrogens (tertiary/aromatic N) is 3. The summed E-state index contributed by atoms with van der Waals surface area (Å²) in [6.07, 6.45) is 4.32. The molecule has 1 aliphatic carbocycles. The Balaban J connectivity index is 1.91. The molecule has 1 saturated heterocycles. The van der Waals surface area contributed by atoms with Crippen LogP contribution >= 0.6 is 23.2 Å². The Morgan fingerprint density at radius 2 is 2.24 bits per heavy atom. The van der Waals surface area contributed by atoms with Crippen LogP contribution in [0.1, 0.15) is 32.6 Å². The van der Waals surface area contributed by atoms with Gasteiger partial charge in [-0.2, -0.15) is 0 Å². The van der Waals surface area contributed by atoms with Gasteiger partial charge in [0.25, 0.3) is 0 Å². The van der Waals surface area contributed by atoms with E-state index in [2.05, 4.69) is 9.97 Å². The Hall–Kier alpha value is -1.07. The first-order valence-corrected chi connectivity index (χ1v) is 7.92. The number of aromatic nitrogens is 2. The van der Waals surface area contributed by atoms with Crippen molar-refractivity contribution in [3.8, 4) is 0 Å². The second-order valence-electron chi connectivity index (χ2n) is 5.77. The Bertz CT molecular complexity index is 543. The molecule has 1 unspecified atom stereocenters. The number of hydrogen-bond acceptors (Lipinski definition) is 5. The van der Waals surface area contributed by atoms with E-state index in [4.69, 9.17) is 27.9 Å². The maximum atomic E-state index is 12.3. The van der Waals surface area contributed by atoms with Gasteiger partial charge >= 0.3 is 5.97 Å². The van der Waals surface area contributed by atoms with E-state index in [-0.39, 0.29) is 27.9 Å². The first kappa shape index (κ1) is 14.9. The second-order valence-corrected chi connectivity index (χ2v) is 6.50. The number of ether oxygens (including phenoxy) is 1. The largest absolute Gasteiger partial charge is 0.464 e. The Labute approximate surface area is 133 Å². The molecule has 7 heteroatoms. The summed E-state index contributed by atoms with van der Waals surface area (Å²) in [5, 5.41) is 0.372. The molecule has 0 aromatic carbocycles. The van der Waals surface area contributed by atoms with Crippen LogP contribution in [0.25, 0.3) is 0 Å². The normalized spacial score (nSPS) is 23.2. The zero-order valence-electron chi connectivity index (χ0n) is 11.8. The van der Waals surface area contributed by atoms with Gasteiger partial charge in [-0.15, -0.1) is 0 Å². The fraction of sp³-hybridized carbons (Fsp3) is 0.643. The maximum absolute atomic E-state index is 12.3. The third-order valence-corrected chi connectivity index (χ3v) is 4.79. The predicted octanol–water partition coefficient (Wildman–Crippen LogP) is 3.10. The van der Waals surface area contributed by atoms with Crippen molar-refractivity contribution in [3.05, 3.63) is 16.5 Å². The van der Waals surface area contributed by atoms with Gasteiger partial charge in [-0.05, 0) is 43.2 Å². The SMILES string of the molecule is CCOC(=O)C1CC2(CCC2)CN1c1cc(Cl)nc(Cl)n1. The summed E-state index contributed by atoms with van der Waals surface area (Å²) in [4.78, 5) is 22.3. The fourth-order valence-electron chi connectivity index (χ4n) is 3.31. The lowest BCUT2D eigenvalue weighted by molar-refractivity contribution is -0.144. The van der Waals surface area contributed by atoms with Gasteiger partial charge in [0.2, 0.25) is 5.28 Å². The highest BCUT2D eigenvalue weighted by Gasteiger charge is 2.51. The van der Waals surface area contributed by atoms with Gasteiger partial charge in [-0.3, -0.25) is 0 Å². The number of esters is 1. The molecule has 1 aliphatic heterocycles. The van der Waals surface area contributed by atoms with Crippen LogP contribution in [-0.2, 0) is 9.53 Å². The standard InChI is InChI=1S/C14H17Cl2N3O2/c1-2-21-12(20)9-7-14(4-3-5-14)8-19(9)11-6-10(15)17-13(16)18-11/h6,9H,2-5,7-8H2,1H3. The van der Waals surface area contributed by atoms with E-state index < -0.39 is 0 Å². The van der Waals surface area contributed by atoms with Crippen molar-refractivity contribution >= 4 is 35.0 Å². The summed E-state index contributed by atoms with van der Waals surface area (Å²) in [6, 6.07) is 1.34. The zero-order chi connectivity index (χ0) is 15.0. The van der Waals surface area contributed by atoms with Gasteiger partial charge in [0.15, 0.2) is 0 Å². The average molecular weight is 330 g/mol. The molecular weight excluding hydrogens is 313 g/mol. The van der Waals surface area contributed by atoms with Crippen LogP contribution in [-0.4, -0.2) is 35.1 Å². The third kappa shape index (κ3) is 2.81. The zero-order valence-corrected chi connectivity index (χ0v) is 13.3. The number of carbonyl (C=O) groups is 1. The van der Waals surface area contributed by atoms with E-state index in [0.717, 1.165) is 25.8 Å². The second kappa shape index (κ2) is 5.61. The molecule has 2 fully saturated rings. The molecule has 114 valence electrons. The smallest absolute Gasteiger partial charge is 0.328 e. The van der Waals surface area contributed by atoms with E-state index >= 15 is 0 Å². The van der Waals surface area contributed by atoms with Crippen LogP contribution in [0, 0.1) is 5.41 Å². The van der Waals surface area contributed by atoms with E-state index in [1.807, 2.05) is 11.8 Å². The average Bonchev–Trinajstić information content (AvgIpc) is 2.78. The minimum absolute atomic E-state index is 0.0923. The van der Waals surface area contributed by atoms with Gasteiger partial charge in [0.1, 0.15) is 17.0 Å². The van der Waals surface area contributed by atoms with Gasteiger partial charge in [-0.1, -0.05) is 18.0 Å². The van der Waals surface area contributed by atoms with Gasteiger partial charge < -0.3 is 9.64 Å². The first-order chi connectivity index (χ1) is 10.0. The fourth-order valence-corrected chi connectivity index (χ4v) is 3.71. The summed E-state index contributed by atoms with van der Waals surface area (Å²) >= 11 is 11.8. The van der Waals surface area contributed by atoms with Crippen molar-refractivity contribution < 1.29 is 9.53 Å². The van der Waals surface area contributed by atoms with E-state index in [0.29, 0.717) is 12.4 Å². The van der Waals surface area contributed by atoms with E-state index in [1.54, 1.807) is 6.07 Å². The molecule has 1 saturated carbocycles. The molecule has 1 aromatic rings. The van der Waals surface area contributed by atoms with Crippen molar-refractivity contribution in [2.24, 2.45) is 5.41 Å². The lowest BCUT2D eigenvalue weighted by atomic mass is 9.67. The third-order valence-electron chi connectivity index (χ3n) is 4.43. The summed E-state index contributed by atoms with van der Waals surface area (Å²) < 4.78 is 5.21. The number of halogens is 2. The first-order valence-electron chi connectivity index (χ1n) is 7.16. The molecule has 0 radical (unpaired) electrons. The molecule has 0 amide bonds. The Kier molecular flexibility index (Phi) is 3.97. The van der Waals surface area contributed by atoms with Crippen LogP contribution in [0.3, 0.4) is 0 Å². The molecule has 0 N–H and O–H groups in total. The highest BCUT2D eigenvalue weighted by molar-refractivity contribution is 6.32. The van der Waals surface area contributed by atoms with E-state index in [1.165, 1.54) is 6.42 Å². The predicted molar refractivity (Wildman–Crippen MR) is 80.7 cm³/mol. The van der Waals surface area contributed by atoms with Crippen LogP contribution in [0.5, 0.6) is 0 Å². The molecule has 1 aromatic heterocycles. The van der Waals surface area contributed by atoms with Crippen LogP contribution < -0.4 is 4.90 Å². The van der Waals surface area contributed by atoms with E-state index in [9.17, 15) is 4.79 Å². The van der Waals surface area contributed by atoms with Crippen molar-refractivity contribution in [2.75, 3.05) is 18.1 Å². The molecule has 3 rings (SSSR count). The minimum atomic E-state index is -0.313. The number of hydrogen-bond donors (Lipinski definition) is 0. The number of anilines is 1. The molecule has 5 nitrogen and oxygen atoms in total. The Morgan fingerprint density at radius 1 is 1.48 bits per heavy atom. The quantitative estimate of drug-likeness (QED) is 0.484. The molecule has 2 heterocycles. The Morgan fingerprint density at radius 3 is 2.81 bits per heavy atom. The topological polar surface area (TPSA) is 55.3 Å². The van der Waals surface area contributed by atoms with Gasteiger partial charge in [0, 0.05) is 12.6 Å². The summed E-state index contributed by atoms with van der Waals surface area (Å²) in [7, 11) is 0. The lowest BCUT2D eigenvalue weighted by Gasteiger charge is -2.37. The summed E-state index contributed by atoms with van der Waals surface area (Å²) in [5.41, 5.74) is 0.210. The van der Waals surface area contributed by atoms with Gasteiger partial charge in [-0.25, -0.2) is 14.8 Å². The summed E-state index contributed by atoms with van der Waals surface area (Å²) in [6.45, 7) is 2.98. The van der Waals surface area contributed by atoms with Crippen molar-refractivity contribution in [3.63, 3.8) is 0 Å². The highest BCUT2D eigenvalue weighted by Crippen LogP contribution is 2.51. The van der Waals surface area contributed by atoms with Crippen molar-refractivity contribution in [2.45, 2.75) is 38.6 Å². The minimum Gasteiger partial charge on any atom is -0.464 e. The summed E-state index contributed by atoms with van der Waals surface area (Å²) in [5.74, 6) is 0.397. The maximum Gasteiger partial charge on any atom is 0.328 e. The van der Waals surface area contributed by atoms with Crippen molar-refractivity contribution in [1.29, 1.82) is 0 Å². The monoisotopic (exact) mass is 329 g/mol. The van der Waals surface area contributed by atoms with Crippen molar-refractivity contribution in [1.82, 2.24) is 9.97 Å². The molecule has 1 spiro atoms. The molecular formula is C14H17Cl2N3O2. The molecule has 1 atom stereocenters. The number of rotatable bonds is 3. The lowest BCUT2D eigenvalue weighted by Crippen LogP contribution is -2.38. The van der Waals surface area contributed by atoms with Crippen LogP contribution in [0.15, 0.2) is 6.07 Å². The highest BCUT2D eigenvalue weighted by atomic mass is 35.5. The van der Waals surface area contributed by atoms with Gasteiger partial charge in [0.05, 0.1) is 6.61 Å². The molecule has 21 heavy (non-hydrogen) atoms. The van der Waals surface area contributed by atoms with Crippen LogP contribution in [0.2, 0.25) is 10.4 Å². The molecule has 0 bridgehead atoms.